The van der Waals surface area contributed by atoms with Gasteiger partial charge in [0, 0.05) is 29.6 Å². The molecular formula is C15H15N3O2S. The quantitative estimate of drug-likeness (QED) is 0.856. The lowest BCUT2D eigenvalue weighted by molar-refractivity contribution is -0.139. The highest BCUT2D eigenvalue weighted by Gasteiger charge is 2.29. The molecule has 0 radical (unpaired) electrons. The zero-order valence-electron chi connectivity index (χ0n) is 11.5. The number of pyridine rings is 1. The predicted molar refractivity (Wildman–Crippen MR) is 79.8 cm³/mol. The number of fused-ring (bicyclic) bond motifs is 3. The Kier molecular flexibility index (Phi) is 3.01. The standard InChI is InChI=1S/C15H15N3O2S/c19-13-3-4-14(20)18(13)8-9-1-2-11-10-5-6-16-7-12(10)21-15(11)17-9/h1-2,16H,3-8H2. The number of imide groups is 1. The van der Waals surface area contributed by atoms with Crippen LogP contribution in [0.15, 0.2) is 12.1 Å². The number of nitrogens with one attached hydrogen (secondary N) is 1. The van der Waals surface area contributed by atoms with Crippen LogP contribution in [0.25, 0.3) is 10.2 Å². The molecule has 2 amide bonds. The van der Waals surface area contributed by atoms with E-state index in [0.29, 0.717) is 19.4 Å². The van der Waals surface area contributed by atoms with Crippen LogP contribution in [0.2, 0.25) is 0 Å². The Morgan fingerprint density at radius 1 is 1.19 bits per heavy atom. The van der Waals surface area contributed by atoms with Crippen molar-refractivity contribution >= 4 is 33.4 Å². The maximum Gasteiger partial charge on any atom is 0.230 e. The molecule has 2 aromatic rings. The molecule has 1 N–H and O–H groups in total. The molecule has 1 saturated heterocycles. The lowest BCUT2D eigenvalue weighted by atomic mass is 10.1. The van der Waals surface area contributed by atoms with Crippen LogP contribution in [0.1, 0.15) is 29.0 Å². The number of nitrogens with zero attached hydrogens (tertiary/aromatic N) is 2. The molecule has 0 spiro atoms. The van der Waals surface area contributed by atoms with Crippen molar-refractivity contribution < 1.29 is 9.59 Å². The van der Waals surface area contributed by atoms with Crippen LogP contribution < -0.4 is 5.32 Å². The van der Waals surface area contributed by atoms with Gasteiger partial charge in [0.2, 0.25) is 11.8 Å². The number of hydrogen-bond acceptors (Lipinski definition) is 5. The normalized spacial score (nSPS) is 18.6. The molecule has 1 fully saturated rings. The Labute approximate surface area is 126 Å². The monoisotopic (exact) mass is 301 g/mol. The van der Waals surface area contributed by atoms with Crippen molar-refractivity contribution in [1.29, 1.82) is 0 Å². The van der Waals surface area contributed by atoms with Gasteiger partial charge in [-0.3, -0.25) is 14.5 Å². The van der Waals surface area contributed by atoms with Gasteiger partial charge in [0.25, 0.3) is 0 Å². The molecule has 2 aliphatic rings. The molecule has 2 aliphatic heterocycles. The van der Waals surface area contributed by atoms with Crippen molar-refractivity contribution in [3.63, 3.8) is 0 Å². The summed E-state index contributed by atoms with van der Waals surface area (Å²) in [5.74, 6) is -0.173. The minimum atomic E-state index is -0.0865. The summed E-state index contributed by atoms with van der Waals surface area (Å²) < 4.78 is 0. The van der Waals surface area contributed by atoms with Gasteiger partial charge in [0.05, 0.1) is 12.2 Å². The summed E-state index contributed by atoms with van der Waals surface area (Å²) in [5, 5.41) is 4.59. The van der Waals surface area contributed by atoms with E-state index in [4.69, 9.17) is 0 Å². The Balaban J connectivity index is 1.68. The lowest BCUT2D eigenvalue weighted by Crippen LogP contribution is -2.28. The van der Waals surface area contributed by atoms with Crippen LogP contribution in [0.4, 0.5) is 0 Å². The van der Waals surface area contributed by atoms with Gasteiger partial charge in [-0.25, -0.2) is 4.98 Å². The first-order valence-corrected chi connectivity index (χ1v) is 7.98. The van der Waals surface area contributed by atoms with Crippen molar-refractivity contribution in [2.45, 2.75) is 32.4 Å². The fourth-order valence-corrected chi connectivity index (χ4v) is 4.20. The smallest absolute Gasteiger partial charge is 0.230 e. The van der Waals surface area contributed by atoms with Crippen LogP contribution in [0, 0.1) is 0 Å². The van der Waals surface area contributed by atoms with Crippen LogP contribution >= 0.6 is 11.3 Å². The zero-order chi connectivity index (χ0) is 14.4. The summed E-state index contributed by atoms with van der Waals surface area (Å²) in [5.41, 5.74) is 2.19. The molecule has 21 heavy (non-hydrogen) atoms. The number of amides is 2. The second-order valence-corrected chi connectivity index (χ2v) is 6.54. The summed E-state index contributed by atoms with van der Waals surface area (Å²) in [6.07, 6.45) is 1.71. The van der Waals surface area contributed by atoms with Gasteiger partial charge in [-0.05, 0) is 30.7 Å². The van der Waals surface area contributed by atoms with E-state index >= 15 is 0 Å². The Hall–Kier alpha value is -1.79. The molecule has 6 heteroatoms. The number of likely N-dealkylation sites (tertiary alicyclic amines) is 1. The number of rotatable bonds is 2. The van der Waals surface area contributed by atoms with Crippen LogP contribution in [-0.2, 0) is 29.1 Å². The second-order valence-electron chi connectivity index (χ2n) is 5.46. The second kappa shape index (κ2) is 4.89. The third kappa shape index (κ3) is 2.15. The molecule has 0 aliphatic carbocycles. The first-order valence-electron chi connectivity index (χ1n) is 7.16. The fraction of sp³-hybridized carbons (Fsp3) is 0.400. The van der Waals surface area contributed by atoms with Gasteiger partial charge in [-0.15, -0.1) is 11.3 Å². The van der Waals surface area contributed by atoms with E-state index in [1.165, 1.54) is 20.7 Å². The van der Waals surface area contributed by atoms with Gasteiger partial charge in [-0.2, -0.15) is 0 Å². The molecule has 2 aromatic heterocycles. The van der Waals surface area contributed by atoms with E-state index in [2.05, 4.69) is 16.4 Å². The van der Waals surface area contributed by atoms with Gasteiger partial charge in [0.1, 0.15) is 4.83 Å². The van der Waals surface area contributed by atoms with Crippen molar-refractivity contribution in [3.8, 4) is 0 Å². The van der Waals surface area contributed by atoms with Crippen molar-refractivity contribution in [2.24, 2.45) is 0 Å². The molecule has 0 atom stereocenters. The summed E-state index contributed by atoms with van der Waals surface area (Å²) in [6.45, 7) is 2.22. The third-order valence-electron chi connectivity index (χ3n) is 4.11. The minimum Gasteiger partial charge on any atom is -0.312 e. The molecular weight excluding hydrogens is 286 g/mol. The summed E-state index contributed by atoms with van der Waals surface area (Å²) in [4.78, 5) is 31.7. The van der Waals surface area contributed by atoms with Crippen molar-refractivity contribution in [1.82, 2.24) is 15.2 Å². The predicted octanol–water partition coefficient (Wildman–Crippen LogP) is 1.59. The number of hydrogen-bond donors (Lipinski definition) is 1. The lowest BCUT2D eigenvalue weighted by Gasteiger charge is -2.13. The summed E-state index contributed by atoms with van der Waals surface area (Å²) in [6, 6.07) is 4.03. The van der Waals surface area contributed by atoms with Crippen LogP contribution in [-0.4, -0.2) is 28.2 Å². The Morgan fingerprint density at radius 3 is 2.81 bits per heavy atom. The summed E-state index contributed by atoms with van der Waals surface area (Å²) >= 11 is 1.71. The van der Waals surface area contributed by atoms with E-state index in [1.54, 1.807) is 11.3 Å². The Morgan fingerprint density at radius 2 is 2.00 bits per heavy atom. The number of carbonyl (C=O) groups excluding carboxylic acids is 2. The molecule has 4 rings (SSSR count). The van der Waals surface area contributed by atoms with Gasteiger partial charge in [-0.1, -0.05) is 0 Å². The Bertz CT molecular complexity index is 737. The SMILES string of the molecule is O=C1CCC(=O)N1Cc1ccc2c3c(sc2n1)CNCC3. The number of thiophene rings is 1. The largest absolute Gasteiger partial charge is 0.312 e. The molecule has 108 valence electrons. The van der Waals surface area contributed by atoms with Crippen LogP contribution in [0.5, 0.6) is 0 Å². The highest BCUT2D eigenvalue weighted by atomic mass is 32.1. The number of carbonyl (C=O) groups is 2. The molecule has 0 saturated carbocycles. The molecule has 0 unspecified atom stereocenters. The van der Waals surface area contributed by atoms with Crippen molar-refractivity contribution in [2.75, 3.05) is 6.54 Å². The molecule has 0 aromatic carbocycles. The van der Waals surface area contributed by atoms with E-state index in [1.807, 2.05) is 6.07 Å². The first-order chi connectivity index (χ1) is 10.2. The third-order valence-corrected chi connectivity index (χ3v) is 5.25. The fourth-order valence-electron chi connectivity index (χ4n) is 3.00. The molecule has 0 bridgehead atoms. The number of aromatic nitrogens is 1. The zero-order valence-corrected chi connectivity index (χ0v) is 12.3. The van der Waals surface area contributed by atoms with Crippen LogP contribution in [0.3, 0.4) is 0 Å². The van der Waals surface area contributed by atoms with Gasteiger partial charge >= 0.3 is 0 Å². The molecule has 5 nitrogen and oxygen atoms in total. The topological polar surface area (TPSA) is 62.3 Å². The highest BCUT2D eigenvalue weighted by molar-refractivity contribution is 7.18. The minimum absolute atomic E-state index is 0.0865. The first kappa shape index (κ1) is 12.9. The van der Waals surface area contributed by atoms with E-state index in [-0.39, 0.29) is 11.8 Å². The summed E-state index contributed by atoms with van der Waals surface area (Å²) in [7, 11) is 0. The molecule has 4 heterocycles. The average Bonchev–Trinajstić information content (AvgIpc) is 3.01. The van der Waals surface area contributed by atoms with E-state index in [0.717, 1.165) is 30.0 Å². The van der Waals surface area contributed by atoms with Gasteiger partial charge < -0.3 is 5.32 Å². The van der Waals surface area contributed by atoms with Gasteiger partial charge in [0.15, 0.2) is 0 Å². The van der Waals surface area contributed by atoms with E-state index < -0.39 is 0 Å². The van der Waals surface area contributed by atoms with E-state index in [9.17, 15) is 9.59 Å². The van der Waals surface area contributed by atoms with Crippen molar-refractivity contribution in [3.05, 3.63) is 28.3 Å². The average molecular weight is 301 g/mol. The maximum absolute atomic E-state index is 11.7. The maximum atomic E-state index is 11.7. The highest BCUT2D eigenvalue weighted by Crippen LogP contribution is 2.32.